The second-order valence-corrected chi connectivity index (χ2v) is 11.4. The van der Waals surface area contributed by atoms with Gasteiger partial charge in [-0.25, -0.2) is 14.8 Å². The highest BCUT2D eigenvalue weighted by Gasteiger charge is 2.42. The first-order valence-corrected chi connectivity index (χ1v) is 14.7. The molecule has 2 fully saturated rings. The number of aromatic nitrogens is 4. The Morgan fingerprint density at radius 3 is 2.23 bits per heavy atom. The molecule has 2 aromatic heterocycles. The second kappa shape index (κ2) is 12.3. The van der Waals surface area contributed by atoms with Gasteiger partial charge in [-0.05, 0) is 60.9 Å². The smallest absolute Gasteiger partial charge is 0.434 e. The van der Waals surface area contributed by atoms with Crippen molar-refractivity contribution in [3.8, 4) is 23.0 Å². The molecule has 0 atom stereocenters. The summed E-state index contributed by atoms with van der Waals surface area (Å²) in [6, 6.07) is 11.7. The lowest BCUT2D eigenvalue weighted by Gasteiger charge is -2.32. The standard InChI is InChI=1S/C32H27F6N5O4/c33-31(34,35)24-3-1-2-22(25-10-13-39-30(41-25)43-27(32(36,37)38)23(16-40-43)29(45)46)26(24)47-17-18-4-6-19(7-5-18)20-11-14-42(15-12-20)28(44)21-8-9-21/h1-7,10,13,16,20-21H,8-9,11-12,14-15,17H2,(H,45,46). The Labute approximate surface area is 263 Å². The van der Waals surface area contributed by atoms with E-state index in [2.05, 4.69) is 15.1 Å². The molecule has 1 aliphatic carbocycles. The van der Waals surface area contributed by atoms with E-state index in [1.54, 1.807) is 12.1 Å². The molecule has 6 rings (SSSR count). The maximum atomic E-state index is 14.1. The summed E-state index contributed by atoms with van der Waals surface area (Å²) in [6.07, 6.45) is -4.93. The molecular weight excluding hydrogens is 632 g/mol. The number of alkyl halides is 6. The van der Waals surface area contributed by atoms with Crippen LogP contribution >= 0.6 is 0 Å². The van der Waals surface area contributed by atoms with Crippen LogP contribution in [0.2, 0.25) is 0 Å². The van der Waals surface area contributed by atoms with Crippen LogP contribution in [-0.4, -0.2) is 54.7 Å². The fourth-order valence-corrected chi connectivity index (χ4v) is 5.71. The van der Waals surface area contributed by atoms with Gasteiger partial charge in [0.25, 0.3) is 5.95 Å². The number of benzene rings is 2. The Hall–Kier alpha value is -4.95. The summed E-state index contributed by atoms with van der Waals surface area (Å²) in [6.45, 7) is 1.11. The Bertz CT molecular complexity index is 1790. The van der Waals surface area contributed by atoms with Crippen LogP contribution < -0.4 is 4.74 Å². The number of nitrogens with zero attached hydrogens (tertiary/aromatic N) is 5. The van der Waals surface area contributed by atoms with Gasteiger partial charge in [-0.1, -0.05) is 30.3 Å². The molecule has 2 aliphatic rings. The van der Waals surface area contributed by atoms with Gasteiger partial charge in [0.05, 0.1) is 17.5 Å². The number of piperidine rings is 1. The van der Waals surface area contributed by atoms with E-state index < -0.39 is 46.8 Å². The maximum Gasteiger partial charge on any atom is 0.434 e. The summed E-state index contributed by atoms with van der Waals surface area (Å²) in [7, 11) is 0. The zero-order chi connectivity index (χ0) is 33.5. The van der Waals surface area contributed by atoms with Gasteiger partial charge in [-0.3, -0.25) is 4.79 Å². The minimum absolute atomic E-state index is 0.174. The molecule has 15 heteroatoms. The van der Waals surface area contributed by atoms with Crippen LogP contribution in [0.3, 0.4) is 0 Å². The highest BCUT2D eigenvalue weighted by Crippen LogP contribution is 2.42. The Balaban J connectivity index is 1.24. The monoisotopic (exact) mass is 659 g/mol. The molecule has 4 aromatic rings. The SMILES string of the molecule is O=C(O)c1cnn(-c2nccc(-c3cccc(C(F)(F)F)c3OCc3ccc(C4CCN(C(=O)C5CC5)CC4)cc3)n2)c1C(F)(F)F. The number of carbonyl (C=O) groups is 2. The van der Waals surface area contributed by atoms with Crippen molar-refractivity contribution in [1.82, 2.24) is 24.6 Å². The summed E-state index contributed by atoms with van der Waals surface area (Å²) < 4.78 is 89.7. The van der Waals surface area contributed by atoms with Crippen LogP contribution in [0.1, 0.15) is 64.3 Å². The van der Waals surface area contributed by atoms with Gasteiger partial charge in [0.2, 0.25) is 5.91 Å². The van der Waals surface area contributed by atoms with E-state index in [9.17, 15) is 41.0 Å². The van der Waals surface area contributed by atoms with E-state index >= 15 is 0 Å². The lowest BCUT2D eigenvalue weighted by atomic mass is 9.89. The Kier molecular flexibility index (Phi) is 8.40. The summed E-state index contributed by atoms with van der Waals surface area (Å²) in [5.41, 5.74) is -2.67. The number of likely N-dealkylation sites (tertiary alicyclic amines) is 1. The van der Waals surface area contributed by atoms with E-state index in [1.165, 1.54) is 12.1 Å². The number of carbonyl (C=O) groups excluding carboxylic acids is 1. The van der Waals surface area contributed by atoms with Gasteiger partial charge >= 0.3 is 18.3 Å². The van der Waals surface area contributed by atoms with Gasteiger partial charge in [0.15, 0.2) is 5.69 Å². The molecule has 1 N–H and O–H groups in total. The molecule has 9 nitrogen and oxygen atoms in total. The van der Waals surface area contributed by atoms with Crippen LogP contribution in [0.25, 0.3) is 17.2 Å². The zero-order valence-electron chi connectivity index (χ0n) is 24.6. The molecule has 0 bridgehead atoms. The normalized spacial score (nSPS) is 15.9. The summed E-state index contributed by atoms with van der Waals surface area (Å²) in [5.74, 6) is -2.53. The molecule has 1 aliphatic heterocycles. The molecule has 0 spiro atoms. The van der Waals surface area contributed by atoms with Crippen molar-refractivity contribution in [2.45, 2.75) is 50.6 Å². The summed E-state index contributed by atoms with van der Waals surface area (Å²) >= 11 is 0. The Morgan fingerprint density at radius 2 is 1.62 bits per heavy atom. The van der Waals surface area contributed by atoms with Crippen LogP contribution in [0, 0.1) is 5.92 Å². The van der Waals surface area contributed by atoms with E-state index in [4.69, 9.17) is 4.74 Å². The van der Waals surface area contributed by atoms with E-state index in [1.807, 2.05) is 17.0 Å². The number of amides is 1. The van der Waals surface area contributed by atoms with E-state index in [0.717, 1.165) is 49.6 Å². The lowest BCUT2D eigenvalue weighted by Crippen LogP contribution is -2.38. The van der Waals surface area contributed by atoms with Crippen LogP contribution in [-0.2, 0) is 23.8 Å². The van der Waals surface area contributed by atoms with E-state index in [-0.39, 0.29) is 40.3 Å². The van der Waals surface area contributed by atoms with Gasteiger partial charge in [0.1, 0.15) is 17.9 Å². The molecule has 1 amide bonds. The number of rotatable bonds is 8. The molecule has 3 heterocycles. The molecule has 47 heavy (non-hydrogen) atoms. The number of hydrogen-bond acceptors (Lipinski definition) is 6. The average molecular weight is 660 g/mol. The van der Waals surface area contributed by atoms with Crippen molar-refractivity contribution in [3.05, 3.63) is 88.9 Å². The van der Waals surface area contributed by atoms with Crippen molar-refractivity contribution >= 4 is 11.9 Å². The average Bonchev–Trinajstić information content (AvgIpc) is 3.79. The minimum atomic E-state index is -5.16. The van der Waals surface area contributed by atoms with Crippen molar-refractivity contribution < 1.29 is 45.8 Å². The molecule has 1 saturated heterocycles. The first-order chi connectivity index (χ1) is 22.3. The second-order valence-electron chi connectivity index (χ2n) is 11.4. The van der Waals surface area contributed by atoms with Crippen molar-refractivity contribution in [2.75, 3.05) is 13.1 Å². The number of carboxylic acids is 1. The predicted octanol–water partition coefficient (Wildman–Crippen LogP) is 6.76. The number of carboxylic acid groups (broad SMARTS) is 1. The first kappa shape index (κ1) is 32.0. The zero-order valence-corrected chi connectivity index (χ0v) is 24.6. The van der Waals surface area contributed by atoms with Crippen molar-refractivity contribution in [2.24, 2.45) is 5.92 Å². The minimum Gasteiger partial charge on any atom is -0.488 e. The third-order valence-electron chi connectivity index (χ3n) is 8.26. The van der Waals surface area contributed by atoms with Crippen LogP contribution in [0.15, 0.2) is 60.9 Å². The number of halogens is 6. The largest absolute Gasteiger partial charge is 0.488 e. The van der Waals surface area contributed by atoms with Gasteiger partial charge in [-0.2, -0.15) is 36.1 Å². The maximum absolute atomic E-state index is 14.1. The molecule has 246 valence electrons. The predicted molar refractivity (Wildman–Crippen MR) is 154 cm³/mol. The van der Waals surface area contributed by atoms with Crippen LogP contribution in [0.4, 0.5) is 26.3 Å². The topological polar surface area (TPSA) is 110 Å². The molecule has 1 saturated carbocycles. The number of para-hydroxylation sites is 1. The third kappa shape index (κ3) is 6.79. The van der Waals surface area contributed by atoms with Crippen molar-refractivity contribution in [3.63, 3.8) is 0 Å². The Morgan fingerprint density at radius 1 is 0.915 bits per heavy atom. The third-order valence-corrected chi connectivity index (χ3v) is 8.26. The quantitative estimate of drug-likeness (QED) is 0.208. The summed E-state index contributed by atoms with van der Waals surface area (Å²) in [4.78, 5) is 33.5. The molecule has 2 aromatic carbocycles. The fraction of sp³-hybridized carbons (Fsp3) is 0.344. The number of aromatic carboxylic acids is 1. The lowest BCUT2D eigenvalue weighted by molar-refractivity contribution is -0.143. The molecule has 0 radical (unpaired) electrons. The summed E-state index contributed by atoms with van der Waals surface area (Å²) in [5, 5.41) is 12.7. The molecule has 0 unspecified atom stereocenters. The fourth-order valence-electron chi connectivity index (χ4n) is 5.71. The van der Waals surface area contributed by atoms with Gasteiger partial charge < -0.3 is 14.7 Å². The first-order valence-electron chi connectivity index (χ1n) is 14.7. The van der Waals surface area contributed by atoms with E-state index in [0.29, 0.717) is 24.8 Å². The highest BCUT2D eigenvalue weighted by molar-refractivity contribution is 5.89. The van der Waals surface area contributed by atoms with Crippen molar-refractivity contribution in [1.29, 1.82) is 0 Å². The van der Waals surface area contributed by atoms with Gasteiger partial charge in [-0.15, -0.1) is 0 Å². The highest BCUT2D eigenvalue weighted by atomic mass is 19.4. The molecular formula is C32H27F6N5O4. The van der Waals surface area contributed by atoms with Crippen LogP contribution in [0.5, 0.6) is 5.75 Å². The number of ether oxygens (including phenoxy) is 1. The van der Waals surface area contributed by atoms with Gasteiger partial charge in [0, 0.05) is 30.8 Å². The number of hydrogen-bond donors (Lipinski definition) is 1.